The fourth-order valence-electron chi connectivity index (χ4n) is 0.543. The number of aliphatic hydroxyl groups is 1. The SMILES string of the molecule is CCNCC(C)C(C)O. The highest BCUT2D eigenvalue weighted by Crippen LogP contribution is 1.98. The number of hydrogen-bond acceptors (Lipinski definition) is 2. The van der Waals surface area contributed by atoms with Crippen LogP contribution in [-0.4, -0.2) is 24.3 Å². The van der Waals surface area contributed by atoms with Gasteiger partial charge in [-0.05, 0) is 19.4 Å². The first-order valence-electron chi connectivity index (χ1n) is 3.57. The van der Waals surface area contributed by atoms with E-state index in [1.165, 1.54) is 0 Å². The van der Waals surface area contributed by atoms with Gasteiger partial charge in [0.25, 0.3) is 0 Å². The summed E-state index contributed by atoms with van der Waals surface area (Å²) in [5.74, 6) is 0.366. The fraction of sp³-hybridized carbons (Fsp3) is 1.00. The summed E-state index contributed by atoms with van der Waals surface area (Å²) in [7, 11) is 0. The zero-order chi connectivity index (χ0) is 7.28. The maximum Gasteiger partial charge on any atom is 0.0549 e. The van der Waals surface area contributed by atoms with Crippen molar-refractivity contribution in [3.63, 3.8) is 0 Å². The van der Waals surface area contributed by atoms with Crippen molar-refractivity contribution < 1.29 is 5.11 Å². The lowest BCUT2D eigenvalue weighted by Gasteiger charge is -2.13. The molecule has 2 heteroatoms. The zero-order valence-electron chi connectivity index (χ0n) is 6.52. The highest BCUT2D eigenvalue weighted by molar-refractivity contribution is 4.60. The lowest BCUT2D eigenvalue weighted by molar-refractivity contribution is 0.134. The smallest absolute Gasteiger partial charge is 0.0549 e. The van der Waals surface area contributed by atoms with E-state index in [1.54, 1.807) is 0 Å². The highest BCUT2D eigenvalue weighted by Gasteiger charge is 2.05. The van der Waals surface area contributed by atoms with Crippen molar-refractivity contribution in [2.24, 2.45) is 5.92 Å². The summed E-state index contributed by atoms with van der Waals surface area (Å²) in [6, 6.07) is 0. The Kier molecular flexibility index (Phi) is 4.72. The van der Waals surface area contributed by atoms with E-state index in [2.05, 4.69) is 12.2 Å². The van der Waals surface area contributed by atoms with E-state index in [4.69, 9.17) is 5.11 Å². The van der Waals surface area contributed by atoms with Crippen molar-refractivity contribution in [2.75, 3.05) is 13.1 Å². The van der Waals surface area contributed by atoms with Crippen LogP contribution in [0.15, 0.2) is 0 Å². The van der Waals surface area contributed by atoms with E-state index in [0.717, 1.165) is 13.1 Å². The van der Waals surface area contributed by atoms with Crippen LogP contribution in [0.3, 0.4) is 0 Å². The molecule has 0 amide bonds. The molecule has 2 nitrogen and oxygen atoms in total. The van der Waals surface area contributed by atoms with Gasteiger partial charge in [0.2, 0.25) is 0 Å². The normalized spacial score (nSPS) is 17.3. The van der Waals surface area contributed by atoms with Crippen LogP contribution in [0.25, 0.3) is 0 Å². The number of nitrogens with one attached hydrogen (secondary N) is 1. The second-order valence-corrected chi connectivity index (χ2v) is 2.53. The van der Waals surface area contributed by atoms with E-state index >= 15 is 0 Å². The molecule has 9 heavy (non-hydrogen) atoms. The Balaban J connectivity index is 3.16. The molecule has 0 radical (unpaired) electrons. The quantitative estimate of drug-likeness (QED) is 0.586. The summed E-state index contributed by atoms with van der Waals surface area (Å²) < 4.78 is 0. The van der Waals surface area contributed by atoms with Crippen molar-refractivity contribution in [3.8, 4) is 0 Å². The lowest BCUT2D eigenvalue weighted by Crippen LogP contribution is -2.27. The number of hydrogen-bond donors (Lipinski definition) is 2. The van der Waals surface area contributed by atoms with Gasteiger partial charge in [0, 0.05) is 6.54 Å². The third-order valence-electron chi connectivity index (χ3n) is 1.54. The topological polar surface area (TPSA) is 32.3 Å². The minimum absolute atomic E-state index is 0.191. The van der Waals surface area contributed by atoms with Crippen LogP contribution in [0, 0.1) is 5.92 Å². The van der Waals surface area contributed by atoms with Gasteiger partial charge >= 0.3 is 0 Å². The molecule has 0 bridgehead atoms. The van der Waals surface area contributed by atoms with Gasteiger partial charge in [-0.15, -0.1) is 0 Å². The molecule has 2 atom stereocenters. The van der Waals surface area contributed by atoms with Crippen molar-refractivity contribution >= 4 is 0 Å². The first kappa shape index (κ1) is 8.92. The van der Waals surface area contributed by atoms with E-state index in [1.807, 2.05) is 13.8 Å². The predicted octanol–water partition coefficient (Wildman–Crippen LogP) is 0.613. The van der Waals surface area contributed by atoms with Gasteiger partial charge in [-0.1, -0.05) is 13.8 Å². The first-order chi connectivity index (χ1) is 4.18. The molecule has 0 aromatic rings. The summed E-state index contributed by atoms with van der Waals surface area (Å²) in [6.45, 7) is 7.81. The minimum Gasteiger partial charge on any atom is -0.393 e. The van der Waals surface area contributed by atoms with Gasteiger partial charge < -0.3 is 10.4 Å². The Hall–Kier alpha value is -0.0800. The van der Waals surface area contributed by atoms with Crippen molar-refractivity contribution in [1.29, 1.82) is 0 Å². The molecule has 0 spiro atoms. The predicted molar refractivity (Wildman–Crippen MR) is 39.4 cm³/mol. The van der Waals surface area contributed by atoms with Gasteiger partial charge in [0.1, 0.15) is 0 Å². The maximum absolute atomic E-state index is 9.01. The lowest BCUT2D eigenvalue weighted by atomic mass is 10.1. The fourth-order valence-corrected chi connectivity index (χ4v) is 0.543. The summed E-state index contributed by atoms with van der Waals surface area (Å²) in [4.78, 5) is 0. The molecule has 0 saturated heterocycles. The zero-order valence-corrected chi connectivity index (χ0v) is 6.52. The minimum atomic E-state index is -0.191. The van der Waals surface area contributed by atoms with Crippen LogP contribution >= 0.6 is 0 Å². The molecule has 0 aliphatic carbocycles. The van der Waals surface area contributed by atoms with Gasteiger partial charge in [-0.25, -0.2) is 0 Å². The van der Waals surface area contributed by atoms with Gasteiger partial charge in [-0.2, -0.15) is 0 Å². The van der Waals surface area contributed by atoms with Crippen molar-refractivity contribution in [2.45, 2.75) is 26.9 Å². The summed E-state index contributed by atoms with van der Waals surface area (Å²) >= 11 is 0. The molecule has 2 N–H and O–H groups in total. The van der Waals surface area contributed by atoms with Gasteiger partial charge in [-0.3, -0.25) is 0 Å². The van der Waals surface area contributed by atoms with E-state index in [-0.39, 0.29) is 6.10 Å². The van der Waals surface area contributed by atoms with Gasteiger partial charge in [0.15, 0.2) is 0 Å². The molecule has 0 aliphatic rings. The largest absolute Gasteiger partial charge is 0.393 e. The summed E-state index contributed by atoms with van der Waals surface area (Å²) in [6.07, 6.45) is -0.191. The Morgan fingerprint density at radius 1 is 1.44 bits per heavy atom. The number of aliphatic hydroxyl groups excluding tert-OH is 1. The molecule has 56 valence electrons. The monoisotopic (exact) mass is 131 g/mol. The van der Waals surface area contributed by atoms with Crippen molar-refractivity contribution in [3.05, 3.63) is 0 Å². The van der Waals surface area contributed by atoms with E-state index < -0.39 is 0 Å². The van der Waals surface area contributed by atoms with E-state index in [9.17, 15) is 0 Å². The van der Waals surface area contributed by atoms with Gasteiger partial charge in [0.05, 0.1) is 6.10 Å². The standard InChI is InChI=1S/C7H17NO/c1-4-8-5-6(2)7(3)9/h6-9H,4-5H2,1-3H3. The molecule has 0 saturated carbocycles. The number of rotatable bonds is 4. The molecular weight excluding hydrogens is 114 g/mol. The van der Waals surface area contributed by atoms with Crippen LogP contribution in [-0.2, 0) is 0 Å². The van der Waals surface area contributed by atoms with Crippen LogP contribution < -0.4 is 5.32 Å². The molecule has 0 aromatic carbocycles. The Bertz CT molecular complexity index is 63.9. The average Bonchev–Trinajstić information content (AvgIpc) is 1.82. The molecule has 0 rings (SSSR count). The highest BCUT2D eigenvalue weighted by atomic mass is 16.3. The Morgan fingerprint density at radius 2 is 2.00 bits per heavy atom. The molecule has 0 aliphatic heterocycles. The maximum atomic E-state index is 9.01. The Morgan fingerprint density at radius 3 is 2.33 bits per heavy atom. The van der Waals surface area contributed by atoms with Crippen LogP contribution in [0.5, 0.6) is 0 Å². The average molecular weight is 131 g/mol. The van der Waals surface area contributed by atoms with Crippen LogP contribution in [0.2, 0.25) is 0 Å². The third kappa shape index (κ3) is 4.43. The summed E-state index contributed by atoms with van der Waals surface area (Å²) in [5, 5.41) is 12.2. The first-order valence-corrected chi connectivity index (χ1v) is 3.57. The molecule has 0 heterocycles. The van der Waals surface area contributed by atoms with Crippen LogP contribution in [0.4, 0.5) is 0 Å². The second kappa shape index (κ2) is 4.77. The molecular formula is C7H17NO. The molecule has 2 unspecified atom stereocenters. The summed E-state index contributed by atoms with van der Waals surface area (Å²) in [5.41, 5.74) is 0. The molecule has 0 aromatic heterocycles. The van der Waals surface area contributed by atoms with E-state index in [0.29, 0.717) is 5.92 Å². The third-order valence-corrected chi connectivity index (χ3v) is 1.54. The molecule has 0 fully saturated rings. The van der Waals surface area contributed by atoms with Crippen LogP contribution in [0.1, 0.15) is 20.8 Å². The Labute approximate surface area is 57.3 Å². The second-order valence-electron chi connectivity index (χ2n) is 2.53. The van der Waals surface area contributed by atoms with Crippen molar-refractivity contribution in [1.82, 2.24) is 5.32 Å².